The van der Waals surface area contributed by atoms with Crippen LogP contribution in [0.4, 0.5) is 5.69 Å². The molecule has 3 aromatic rings. The Morgan fingerprint density at radius 3 is 2.31 bits per heavy atom. The van der Waals surface area contributed by atoms with Crippen LogP contribution in [0, 0.1) is 0 Å². The number of hydrogen-bond donors (Lipinski definition) is 1. The number of ether oxygens (including phenoxy) is 2. The van der Waals surface area contributed by atoms with E-state index in [0.717, 1.165) is 54.1 Å². The molecule has 0 saturated carbocycles. The van der Waals surface area contributed by atoms with E-state index in [4.69, 9.17) is 9.47 Å². The number of nitrogens with one attached hydrogen (secondary N) is 1. The predicted octanol–water partition coefficient (Wildman–Crippen LogP) is 5.31. The summed E-state index contributed by atoms with van der Waals surface area (Å²) in [5.74, 6) is 0.285. The molecule has 36 heavy (non-hydrogen) atoms. The van der Waals surface area contributed by atoms with Gasteiger partial charge < -0.3 is 19.7 Å². The molecule has 188 valence electrons. The topological polar surface area (TPSA) is 67.9 Å². The van der Waals surface area contributed by atoms with Crippen LogP contribution in [0.2, 0.25) is 0 Å². The zero-order valence-electron chi connectivity index (χ0n) is 21.0. The highest BCUT2D eigenvalue weighted by atomic mass is 16.5. The molecule has 1 atom stereocenters. The molecule has 1 aliphatic rings. The highest BCUT2D eigenvalue weighted by Gasteiger charge is 2.27. The van der Waals surface area contributed by atoms with Crippen LogP contribution in [0.5, 0.6) is 5.75 Å². The van der Waals surface area contributed by atoms with E-state index < -0.39 is 0 Å². The van der Waals surface area contributed by atoms with Crippen LogP contribution in [0.15, 0.2) is 72.8 Å². The Morgan fingerprint density at radius 1 is 0.917 bits per heavy atom. The fraction of sp³-hybridized carbons (Fsp3) is 0.333. The Bertz CT molecular complexity index is 1160. The largest absolute Gasteiger partial charge is 0.496 e. The second-order valence-corrected chi connectivity index (χ2v) is 8.95. The molecule has 6 heteroatoms. The number of piperidine rings is 1. The first-order valence-electron chi connectivity index (χ1n) is 12.6. The maximum absolute atomic E-state index is 13.3. The summed E-state index contributed by atoms with van der Waals surface area (Å²) in [5, 5.41) is 3.27. The fourth-order valence-electron chi connectivity index (χ4n) is 4.75. The summed E-state index contributed by atoms with van der Waals surface area (Å²) in [7, 11) is 1.67. The van der Waals surface area contributed by atoms with E-state index in [-0.39, 0.29) is 24.3 Å². The third-order valence-electron chi connectivity index (χ3n) is 6.52. The van der Waals surface area contributed by atoms with E-state index in [1.165, 1.54) is 6.42 Å². The van der Waals surface area contributed by atoms with Crippen LogP contribution >= 0.6 is 0 Å². The van der Waals surface area contributed by atoms with Crippen molar-refractivity contribution in [2.45, 2.75) is 38.6 Å². The number of rotatable bonds is 9. The van der Waals surface area contributed by atoms with Gasteiger partial charge in [-0.2, -0.15) is 0 Å². The molecule has 3 aromatic carbocycles. The van der Waals surface area contributed by atoms with E-state index in [1.54, 1.807) is 38.3 Å². The van der Waals surface area contributed by atoms with Gasteiger partial charge in [-0.15, -0.1) is 0 Å². The smallest absolute Gasteiger partial charge is 0.338 e. The molecular weight excluding hydrogens is 452 g/mol. The SMILES string of the molecule is CCOC(=O)c1ccc(CC(=O)NC(c2ccccc2)c2c(OC)cccc2N2CCCCC2)cc1. The summed E-state index contributed by atoms with van der Waals surface area (Å²) in [6, 6.07) is 22.7. The maximum Gasteiger partial charge on any atom is 0.338 e. The molecule has 0 bridgehead atoms. The molecule has 1 saturated heterocycles. The molecule has 1 aliphatic heterocycles. The molecule has 0 spiro atoms. The molecule has 1 N–H and O–H groups in total. The van der Waals surface area contributed by atoms with Crippen LogP contribution in [-0.2, 0) is 16.0 Å². The number of carbonyl (C=O) groups excluding carboxylic acids is 2. The van der Waals surface area contributed by atoms with E-state index in [1.807, 2.05) is 42.5 Å². The summed E-state index contributed by atoms with van der Waals surface area (Å²) in [6.45, 7) is 4.08. The first kappa shape index (κ1) is 25.3. The predicted molar refractivity (Wildman–Crippen MR) is 142 cm³/mol. The molecule has 0 aromatic heterocycles. The normalized spacial score (nSPS) is 14.1. The van der Waals surface area contributed by atoms with E-state index >= 15 is 0 Å². The monoisotopic (exact) mass is 486 g/mol. The van der Waals surface area contributed by atoms with E-state index in [0.29, 0.717) is 12.2 Å². The molecule has 0 aliphatic carbocycles. The van der Waals surface area contributed by atoms with Crippen molar-refractivity contribution < 1.29 is 19.1 Å². The molecule has 1 heterocycles. The van der Waals surface area contributed by atoms with Crippen molar-refractivity contribution in [1.29, 1.82) is 0 Å². The lowest BCUT2D eigenvalue weighted by molar-refractivity contribution is -0.120. The zero-order valence-corrected chi connectivity index (χ0v) is 21.0. The molecular formula is C30H34N2O4. The van der Waals surface area contributed by atoms with Gasteiger partial charge >= 0.3 is 5.97 Å². The highest BCUT2D eigenvalue weighted by molar-refractivity contribution is 5.89. The molecule has 1 unspecified atom stereocenters. The van der Waals surface area contributed by atoms with Gasteiger partial charge in [0.25, 0.3) is 0 Å². The van der Waals surface area contributed by atoms with Gasteiger partial charge in [0, 0.05) is 24.3 Å². The summed E-state index contributed by atoms with van der Waals surface area (Å²) in [5.41, 5.74) is 4.36. The second-order valence-electron chi connectivity index (χ2n) is 8.95. The number of hydrogen-bond acceptors (Lipinski definition) is 5. The number of methoxy groups -OCH3 is 1. The summed E-state index contributed by atoms with van der Waals surface area (Å²) >= 11 is 0. The quantitative estimate of drug-likeness (QED) is 0.415. The molecule has 6 nitrogen and oxygen atoms in total. The summed E-state index contributed by atoms with van der Waals surface area (Å²) in [6.07, 6.45) is 3.74. The van der Waals surface area contributed by atoms with Crippen LogP contribution in [0.3, 0.4) is 0 Å². The van der Waals surface area contributed by atoms with E-state index in [9.17, 15) is 9.59 Å². The first-order chi connectivity index (χ1) is 17.6. The second kappa shape index (κ2) is 12.2. The minimum Gasteiger partial charge on any atom is -0.496 e. The Morgan fingerprint density at radius 2 is 1.64 bits per heavy atom. The number of carbonyl (C=O) groups is 2. The number of esters is 1. The zero-order chi connectivity index (χ0) is 25.3. The van der Waals surface area contributed by atoms with Crippen LogP contribution in [0.1, 0.15) is 59.3 Å². The Labute approximate surface area is 213 Å². The molecule has 1 fully saturated rings. The van der Waals surface area contributed by atoms with Crippen molar-refractivity contribution in [3.63, 3.8) is 0 Å². The number of amides is 1. The van der Waals surface area contributed by atoms with Crippen molar-refractivity contribution in [3.05, 3.63) is 95.1 Å². The van der Waals surface area contributed by atoms with Crippen LogP contribution in [0.25, 0.3) is 0 Å². The highest BCUT2D eigenvalue weighted by Crippen LogP contribution is 2.39. The molecule has 0 radical (unpaired) electrons. The lowest BCUT2D eigenvalue weighted by Gasteiger charge is -2.33. The van der Waals surface area contributed by atoms with Crippen molar-refractivity contribution in [1.82, 2.24) is 5.32 Å². The van der Waals surface area contributed by atoms with Gasteiger partial charge in [0.15, 0.2) is 0 Å². The van der Waals surface area contributed by atoms with Crippen molar-refractivity contribution >= 4 is 17.6 Å². The third-order valence-corrected chi connectivity index (χ3v) is 6.52. The summed E-state index contributed by atoms with van der Waals surface area (Å²) < 4.78 is 10.9. The van der Waals surface area contributed by atoms with Crippen LogP contribution < -0.4 is 15.0 Å². The third kappa shape index (κ3) is 6.06. The van der Waals surface area contributed by atoms with E-state index in [2.05, 4.69) is 16.3 Å². The Hall–Kier alpha value is -3.80. The maximum atomic E-state index is 13.3. The van der Waals surface area contributed by atoms with Crippen molar-refractivity contribution in [3.8, 4) is 5.75 Å². The average Bonchev–Trinajstić information content (AvgIpc) is 2.93. The standard InChI is InChI=1S/C30H34N2O4/c1-3-36-30(34)24-17-15-22(16-18-24)21-27(33)31-29(23-11-6-4-7-12-23)28-25(13-10-14-26(28)35-2)32-19-8-5-9-20-32/h4,6-7,10-18,29H,3,5,8-9,19-21H2,1-2H3,(H,31,33). The van der Waals surface area contributed by atoms with Gasteiger partial charge in [0.05, 0.1) is 31.7 Å². The Balaban J connectivity index is 1.62. The average molecular weight is 487 g/mol. The number of benzene rings is 3. The minimum absolute atomic E-state index is 0.108. The van der Waals surface area contributed by atoms with Crippen LogP contribution in [-0.4, -0.2) is 38.7 Å². The lowest BCUT2D eigenvalue weighted by atomic mass is 9.94. The number of nitrogens with zero attached hydrogens (tertiary/aromatic N) is 1. The Kier molecular flexibility index (Phi) is 8.61. The van der Waals surface area contributed by atoms with Gasteiger partial charge in [-0.25, -0.2) is 4.79 Å². The lowest BCUT2D eigenvalue weighted by Crippen LogP contribution is -2.34. The van der Waals surface area contributed by atoms with Gasteiger partial charge in [-0.05, 0) is 61.6 Å². The van der Waals surface area contributed by atoms with Crippen molar-refractivity contribution in [2.24, 2.45) is 0 Å². The van der Waals surface area contributed by atoms with Gasteiger partial charge in [-0.3, -0.25) is 4.79 Å². The van der Waals surface area contributed by atoms with Gasteiger partial charge in [-0.1, -0.05) is 48.5 Å². The van der Waals surface area contributed by atoms with Gasteiger partial charge in [0.2, 0.25) is 5.91 Å². The van der Waals surface area contributed by atoms with Gasteiger partial charge in [0.1, 0.15) is 5.75 Å². The molecule has 1 amide bonds. The number of anilines is 1. The summed E-state index contributed by atoms with van der Waals surface area (Å²) in [4.78, 5) is 27.7. The first-order valence-corrected chi connectivity index (χ1v) is 12.6. The molecule has 4 rings (SSSR count). The minimum atomic E-state index is -0.370. The fourth-order valence-corrected chi connectivity index (χ4v) is 4.75. The van der Waals surface area contributed by atoms with Crippen molar-refractivity contribution in [2.75, 3.05) is 31.7 Å².